The molecule has 0 amide bonds. The molecule has 3 aromatic rings. The molecule has 3 heterocycles. The molecule has 0 spiro atoms. The zero-order chi connectivity index (χ0) is 12.9. The summed E-state index contributed by atoms with van der Waals surface area (Å²) in [6, 6.07) is 0. The summed E-state index contributed by atoms with van der Waals surface area (Å²) in [7, 11) is -1.23. The molecule has 14 heteroatoms. The zero-order valence-electron chi connectivity index (χ0n) is 9.29. The van der Waals surface area contributed by atoms with Crippen LogP contribution in [0.3, 0.4) is 0 Å². The molecule has 0 unspecified atom stereocenters. The summed E-state index contributed by atoms with van der Waals surface area (Å²) in [6.45, 7) is 0. The van der Waals surface area contributed by atoms with Gasteiger partial charge in [0.15, 0.2) is 0 Å². The molecule has 0 bridgehead atoms. The summed E-state index contributed by atoms with van der Waals surface area (Å²) in [5.74, 6) is 0. The quantitative estimate of drug-likeness (QED) is 0.427. The van der Waals surface area contributed by atoms with Crippen molar-refractivity contribution in [3.05, 3.63) is 37.2 Å². The summed E-state index contributed by atoms with van der Waals surface area (Å²) in [5, 5.41) is 21.6. The van der Waals surface area contributed by atoms with E-state index in [1.807, 2.05) is 0 Å². The molecule has 3 aromatic heterocycles. The average molecular weight is 303 g/mol. The molecule has 0 aliphatic rings. The van der Waals surface area contributed by atoms with Gasteiger partial charge in [-0.25, -0.2) is 0 Å². The van der Waals surface area contributed by atoms with E-state index in [1.54, 1.807) is 0 Å². The Labute approximate surface area is 154 Å². The molecule has 0 radical (unpaired) electrons. The summed E-state index contributed by atoms with van der Waals surface area (Å²) in [5.41, 5.74) is 0. The van der Waals surface area contributed by atoms with Crippen LogP contribution in [0.2, 0.25) is 0 Å². The van der Waals surface area contributed by atoms with Gasteiger partial charge < -0.3 is 14.3 Å². The van der Waals surface area contributed by atoms with Gasteiger partial charge in [-0.15, -0.1) is 15.3 Å². The maximum Gasteiger partial charge on any atom is 0.929 e. The van der Waals surface area contributed by atoms with Gasteiger partial charge in [-0.1, -0.05) is 14.5 Å². The third-order valence-electron chi connectivity index (χ3n) is 1.78. The van der Waals surface area contributed by atoms with Crippen LogP contribution in [-0.2, 0) is 0 Å². The van der Waals surface area contributed by atoms with Gasteiger partial charge in [-0.2, -0.15) is 0 Å². The van der Waals surface area contributed by atoms with Crippen LogP contribution in [0.25, 0.3) is 0 Å². The normalized spacial score (nSPS) is 9.60. The molecule has 20 heavy (non-hydrogen) atoms. The van der Waals surface area contributed by atoms with Crippen LogP contribution in [0.15, 0.2) is 37.2 Å². The van der Waals surface area contributed by atoms with Crippen molar-refractivity contribution < 1.29 is 14.3 Å². The number of nitrogens with zero attached hydrogens (tertiary/aromatic N) is 9. The van der Waals surface area contributed by atoms with E-state index in [1.165, 1.54) is 37.2 Å². The van der Waals surface area contributed by atoms with E-state index in [0.29, 0.717) is 0 Å². The van der Waals surface area contributed by atoms with Crippen LogP contribution < -0.4 is 14.3 Å². The molecular formula is C6H7BKN9O3. The summed E-state index contributed by atoms with van der Waals surface area (Å²) in [6.07, 6.45) is 8.68. The molecular weight excluding hydrogens is 296 g/mol. The first-order valence-corrected chi connectivity index (χ1v) is 5.00. The Hall–Kier alpha value is -1.48. The summed E-state index contributed by atoms with van der Waals surface area (Å²) in [4.78, 5) is 3.16. The maximum absolute atomic E-state index is 5.22. The predicted molar refractivity (Wildman–Crippen MR) is 62.7 cm³/mol. The second-order valence-corrected chi connectivity index (χ2v) is 3.02. The van der Waals surface area contributed by atoms with E-state index >= 15 is 0 Å². The fourth-order valence-corrected chi connectivity index (χ4v) is 1.08. The van der Waals surface area contributed by atoms with Crippen LogP contribution in [-0.4, -0.2) is 104 Å². The Balaban J connectivity index is 0.00000147. The maximum atomic E-state index is 5.22. The van der Waals surface area contributed by atoms with Gasteiger partial charge in [0, 0.05) is 0 Å². The van der Waals surface area contributed by atoms with Crippen molar-refractivity contribution in [2.45, 2.75) is 0 Å². The molecule has 0 fully saturated rings. The first-order chi connectivity index (χ1) is 9.40. The van der Waals surface area contributed by atoms with Crippen molar-refractivity contribution in [2.24, 2.45) is 0 Å². The van der Waals surface area contributed by atoms with E-state index in [4.69, 9.17) is 14.3 Å². The molecule has 12 nitrogen and oxygen atoms in total. The van der Waals surface area contributed by atoms with Crippen LogP contribution in [0.4, 0.5) is 0 Å². The summed E-state index contributed by atoms with van der Waals surface area (Å²) >= 11 is 0. The van der Waals surface area contributed by atoms with Crippen molar-refractivity contribution in [3.63, 3.8) is 0 Å². The van der Waals surface area contributed by atoms with E-state index in [2.05, 4.69) is 30.9 Å². The van der Waals surface area contributed by atoms with Gasteiger partial charge in [0.05, 0.1) is 37.2 Å². The Bertz CT molecular complexity index is 501. The number of aromatic nitrogens is 9. The third kappa shape index (κ3) is 4.01. The van der Waals surface area contributed by atoms with E-state index in [9.17, 15) is 0 Å². The average Bonchev–Trinajstić information content (AvgIpc) is 3.10. The van der Waals surface area contributed by atoms with Gasteiger partial charge in [0.25, 0.3) is 0 Å². The van der Waals surface area contributed by atoms with Crippen molar-refractivity contribution in [2.75, 3.05) is 0 Å². The Morgan fingerprint density at radius 3 is 1.25 bits per heavy atom. The van der Waals surface area contributed by atoms with Crippen LogP contribution in [0.5, 0.6) is 0 Å². The van der Waals surface area contributed by atoms with Gasteiger partial charge in [0.2, 0.25) is 0 Å². The first-order valence-electron chi connectivity index (χ1n) is 5.00. The second kappa shape index (κ2) is 7.34. The second-order valence-electron chi connectivity index (χ2n) is 3.02. The van der Waals surface area contributed by atoms with Crippen molar-refractivity contribution in [1.29, 1.82) is 0 Å². The van der Waals surface area contributed by atoms with Crippen molar-refractivity contribution >= 4 is 58.7 Å². The topological polar surface area (TPSA) is 120 Å². The van der Waals surface area contributed by atoms with E-state index in [0.717, 1.165) is 14.5 Å². The summed E-state index contributed by atoms with van der Waals surface area (Å²) < 4.78 is 15.7. The van der Waals surface area contributed by atoms with Crippen LogP contribution in [0, 0.1) is 0 Å². The molecule has 0 aliphatic heterocycles. The predicted octanol–water partition coefficient (Wildman–Crippen LogP) is -3.52. The minimum atomic E-state index is -1.23. The minimum absolute atomic E-state index is 0. The first kappa shape index (κ1) is 14.9. The Morgan fingerprint density at radius 1 is 0.650 bits per heavy atom. The van der Waals surface area contributed by atoms with Gasteiger partial charge in [0.1, 0.15) is 0 Å². The van der Waals surface area contributed by atoms with E-state index in [-0.39, 0.29) is 51.4 Å². The Morgan fingerprint density at radius 2 is 1.00 bits per heavy atom. The molecule has 0 atom stereocenters. The van der Waals surface area contributed by atoms with Crippen LogP contribution in [0.1, 0.15) is 0 Å². The Kier molecular flexibility index (Phi) is 5.48. The fraction of sp³-hybridized carbons (Fsp3) is 0. The smallest absolute Gasteiger partial charge is 0.379 e. The van der Waals surface area contributed by atoms with Crippen LogP contribution >= 0.6 is 0 Å². The molecule has 0 saturated heterocycles. The molecule has 98 valence electrons. The van der Waals surface area contributed by atoms with Crippen molar-refractivity contribution in [1.82, 2.24) is 45.5 Å². The monoisotopic (exact) mass is 303 g/mol. The molecule has 0 aliphatic carbocycles. The molecule has 0 saturated carbocycles. The largest absolute Gasteiger partial charge is 0.929 e. The number of hydrogen-bond acceptors (Lipinski definition) is 9. The number of hydrogen-bond donors (Lipinski definition) is 0. The third-order valence-corrected chi connectivity index (χ3v) is 1.78. The van der Waals surface area contributed by atoms with Gasteiger partial charge >= 0.3 is 58.7 Å². The van der Waals surface area contributed by atoms with Gasteiger partial charge in [-0.3, -0.25) is 0 Å². The molecule has 0 N–H and O–H groups in total. The van der Waals surface area contributed by atoms with Crippen molar-refractivity contribution in [3.8, 4) is 0 Å². The minimum Gasteiger partial charge on any atom is -0.379 e. The SMILES string of the molecule is [KH].c1cn(OB(On2ccnn2)On2ccnn2)nn1. The fourth-order valence-electron chi connectivity index (χ4n) is 1.08. The zero-order valence-corrected chi connectivity index (χ0v) is 9.29. The molecule has 3 rings (SSSR count). The van der Waals surface area contributed by atoms with E-state index < -0.39 is 7.32 Å². The standard InChI is InChI=1S/C6H6BN9O3.K.H/c1-4-14(11-8-1)17-7(18-15-5-2-9-12-15)19-16-6-3-10-13-16;;/h1-6H;;. The number of rotatable bonds is 6. The molecule has 0 aromatic carbocycles. The van der Waals surface area contributed by atoms with Gasteiger partial charge in [-0.05, 0) is 15.6 Å².